The normalized spacial score (nSPS) is 18.0. The predicted octanol–water partition coefficient (Wildman–Crippen LogP) is 5.52. The molecular formula is C34H36ClN9O2. The number of H-pyrrole nitrogens is 1. The Balaban J connectivity index is 1.61. The molecule has 5 aromatic rings. The molecule has 4 aromatic heterocycles. The summed E-state index contributed by atoms with van der Waals surface area (Å²) in [5.41, 5.74) is 6.18. The third-order valence-electron chi connectivity index (χ3n) is 9.24. The van der Waals surface area contributed by atoms with Crippen molar-refractivity contribution < 1.29 is 4.79 Å². The maximum Gasteiger partial charge on any atom is 0.355 e. The highest BCUT2D eigenvalue weighted by atomic mass is 35.5. The quantitative estimate of drug-likeness (QED) is 0.247. The molecule has 1 aromatic carbocycles. The minimum absolute atomic E-state index is 0.0292. The summed E-state index contributed by atoms with van der Waals surface area (Å²) in [6.45, 7) is 15.4. The third-order valence-corrected chi connectivity index (χ3v) is 9.60. The molecule has 0 saturated carbocycles. The van der Waals surface area contributed by atoms with Crippen LogP contribution in [0.2, 0.25) is 5.02 Å². The van der Waals surface area contributed by atoms with E-state index in [9.17, 15) is 9.59 Å². The summed E-state index contributed by atoms with van der Waals surface area (Å²) in [5, 5.41) is 12.9. The van der Waals surface area contributed by atoms with Gasteiger partial charge in [-0.05, 0) is 62.4 Å². The van der Waals surface area contributed by atoms with Gasteiger partial charge in [-0.2, -0.15) is 10.1 Å². The second kappa shape index (κ2) is 11.2. The lowest BCUT2D eigenvalue weighted by Crippen LogP contribution is -2.60. The molecule has 0 spiro atoms. The van der Waals surface area contributed by atoms with E-state index in [1.807, 2.05) is 36.9 Å². The number of fused-ring (bicyclic) bond motifs is 3. The van der Waals surface area contributed by atoms with Gasteiger partial charge in [-0.15, -0.1) is 0 Å². The van der Waals surface area contributed by atoms with Crippen LogP contribution in [-0.2, 0) is 4.79 Å². The van der Waals surface area contributed by atoms with Gasteiger partial charge in [-0.25, -0.2) is 14.3 Å². The Morgan fingerprint density at radius 3 is 2.72 bits per heavy atom. The molecule has 46 heavy (non-hydrogen) atoms. The average Bonchev–Trinajstić information content (AvgIpc) is 3.49. The number of nitrogens with one attached hydrogen (secondary N) is 2. The molecule has 2 aliphatic rings. The maximum absolute atomic E-state index is 14.5. The van der Waals surface area contributed by atoms with E-state index in [0.717, 1.165) is 33.3 Å². The number of carbonyl (C=O) groups is 1. The van der Waals surface area contributed by atoms with Crippen LogP contribution in [-0.4, -0.2) is 72.2 Å². The first kappa shape index (κ1) is 29.9. The van der Waals surface area contributed by atoms with E-state index in [2.05, 4.69) is 47.8 Å². The van der Waals surface area contributed by atoms with Gasteiger partial charge in [-0.1, -0.05) is 38.1 Å². The SMILES string of the molecule is C=CC(=O)N1CC(C)N2c3nc(=O)n(-c4c(C)ccnc4C(C)C)c4nc(-c5c(C)ccc6[nH]ncc56)c(Cl)c(c34)NCCC2C1. The summed E-state index contributed by atoms with van der Waals surface area (Å²) in [5.74, 6) is 0.428. The van der Waals surface area contributed by atoms with E-state index in [4.69, 9.17) is 26.6 Å². The highest BCUT2D eigenvalue weighted by Crippen LogP contribution is 2.45. The van der Waals surface area contributed by atoms with E-state index in [-0.39, 0.29) is 23.9 Å². The van der Waals surface area contributed by atoms with Gasteiger partial charge in [0, 0.05) is 42.8 Å². The number of aromatic nitrogens is 6. The number of aryl methyl sites for hydroxylation is 2. The highest BCUT2D eigenvalue weighted by molar-refractivity contribution is 6.38. The fourth-order valence-corrected chi connectivity index (χ4v) is 7.42. The number of hydrogen-bond donors (Lipinski definition) is 2. The van der Waals surface area contributed by atoms with Crippen molar-refractivity contribution in [3.05, 3.63) is 75.6 Å². The van der Waals surface area contributed by atoms with Crippen molar-refractivity contribution in [1.29, 1.82) is 0 Å². The Bertz CT molecular complexity index is 2120. The number of pyridine rings is 2. The van der Waals surface area contributed by atoms with Crippen molar-refractivity contribution in [2.24, 2.45) is 0 Å². The molecule has 0 aliphatic carbocycles. The fourth-order valence-electron chi connectivity index (χ4n) is 7.13. The van der Waals surface area contributed by atoms with Crippen LogP contribution in [0.1, 0.15) is 49.9 Å². The Hall–Kier alpha value is -4.77. The van der Waals surface area contributed by atoms with Crippen molar-refractivity contribution in [1.82, 2.24) is 34.6 Å². The lowest BCUT2D eigenvalue weighted by Gasteiger charge is -2.47. The molecule has 6 heterocycles. The Labute approximate surface area is 271 Å². The molecule has 0 bridgehead atoms. The van der Waals surface area contributed by atoms with Crippen molar-refractivity contribution in [3.8, 4) is 16.9 Å². The van der Waals surface area contributed by atoms with Gasteiger partial charge in [0.1, 0.15) is 5.82 Å². The monoisotopic (exact) mass is 637 g/mol. The summed E-state index contributed by atoms with van der Waals surface area (Å²) in [6, 6.07) is 5.67. The molecule has 1 amide bonds. The topological polar surface area (TPSA) is 125 Å². The minimum Gasteiger partial charge on any atom is -0.383 e. The van der Waals surface area contributed by atoms with Crippen molar-refractivity contribution in [3.63, 3.8) is 0 Å². The van der Waals surface area contributed by atoms with Crippen LogP contribution in [0, 0.1) is 13.8 Å². The van der Waals surface area contributed by atoms with Gasteiger partial charge in [0.15, 0.2) is 5.65 Å². The van der Waals surface area contributed by atoms with Crippen LogP contribution in [0.4, 0.5) is 11.5 Å². The van der Waals surface area contributed by atoms with Gasteiger partial charge >= 0.3 is 5.69 Å². The molecule has 11 nitrogen and oxygen atoms in total. The highest BCUT2D eigenvalue weighted by Gasteiger charge is 2.38. The average molecular weight is 638 g/mol. The Kier molecular flexibility index (Phi) is 7.31. The molecule has 1 fully saturated rings. The standard InChI is InChI=1S/C34H36ClN9O2/c1-7-24(45)42-15-20(6)43-21(16-42)11-13-37-29-26-32(39-30(27(29)35)25-18(4)8-9-23-22(25)14-38-41-23)44(34(46)40-33(26)43)31-19(5)10-12-36-28(31)17(2)3/h7-10,12,14,17,20-21,37H,1,11,13,15-16H2,2-6H3,(H,38,41). The zero-order chi connectivity index (χ0) is 32.4. The number of rotatable bonds is 4. The van der Waals surface area contributed by atoms with Gasteiger partial charge in [-0.3, -0.25) is 14.9 Å². The second-order valence-electron chi connectivity index (χ2n) is 12.6. The molecule has 2 atom stereocenters. The number of nitrogens with zero attached hydrogens (tertiary/aromatic N) is 7. The number of anilines is 2. The molecule has 236 valence electrons. The molecule has 7 rings (SSSR count). The van der Waals surface area contributed by atoms with Crippen LogP contribution in [0.5, 0.6) is 0 Å². The summed E-state index contributed by atoms with van der Waals surface area (Å²) in [7, 11) is 0. The summed E-state index contributed by atoms with van der Waals surface area (Å²) >= 11 is 7.37. The number of piperazine rings is 1. The zero-order valence-corrected chi connectivity index (χ0v) is 27.3. The third kappa shape index (κ3) is 4.55. The van der Waals surface area contributed by atoms with Crippen LogP contribution >= 0.6 is 11.6 Å². The van der Waals surface area contributed by atoms with Gasteiger partial charge in [0.25, 0.3) is 0 Å². The van der Waals surface area contributed by atoms with E-state index < -0.39 is 5.69 Å². The van der Waals surface area contributed by atoms with Crippen LogP contribution in [0.3, 0.4) is 0 Å². The van der Waals surface area contributed by atoms with Gasteiger partial charge in [0.2, 0.25) is 5.91 Å². The van der Waals surface area contributed by atoms with Crippen molar-refractivity contribution in [2.75, 3.05) is 29.9 Å². The van der Waals surface area contributed by atoms with Crippen molar-refractivity contribution >= 4 is 50.9 Å². The van der Waals surface area contributed by atoms with Crippen molar-refractivity contribution in [2.45, 2.75) is 59.0 Å². The van der Waals surface area contributed by atoms with Crippen LogP contribution in [0.15, 0.2) is 48.0 Å². The molecular weight excluding hydrogens is 602 g/mol. The number of aromatic amines is 1. The first-order valence-electron chi connectivity index (χ1n) is 15.6. The minimum atomic E-state index is -0.457. The molecule has 2 aliphatic heterocycles. The molecule has 1 saturated heterocycles. The lowest BCUT2D eigenvalue weighted by molar-refractivity contribution is -0.127. The number of halogens is 1. The summed E-state index contributed by atoms with van der Waals surface area (Å²) in [4.78, 5) is 45.9. The largest absolute Gasteiger partial charge is 0.383 e. The molecule has 2 N–H and O–H groups in total. The number of carbonyl (C=O) groups excluding carboxylic acids is 1. The number of amides is 1. The molecule has 2 unspecified atom stereocenters. The molecule has 12 heteroatoms. The smallest absolute Gasteiger partial charge is 0.355 e. The fraction of sp³-hybridized carbons (Fsp3) is 0.353. The first-order valence-corrected chi connectivity index (χ1v) is 16.0. The van der Waals surface area contributed by atoms with Crippen LogP contribution in [0.25, 0.3) is 38.9 Å². The number of hydrogen-bond acceptors (Lipinski definition) is 8. The Morgan fingerprint density at radius 2 is 1.96 bits per heavy atom. The number of benzene rings is 1. The zero-order valence-electron chi connectivity index (χ0n) is 26.6. The maximum atomic E-state index is 14.5. The predicted molar refractivity (Wildman–Crippen MR) is 182 cm³/mol. The second-order valence-corrected chi connectivity index (χ2v) is 13.0. The Morgan fingerprint density at radius 1 is 1.15 bits per heavy atom. The van der Waals surface area contributed by atoms with Crippen LogP contribution < -0.4 is 15.9 Å². The first-order chi connectivity index (χ1) is 22.1. The van der Waals surface area contributed by atoms with Gasteiger partial charge < -0.3 is 15.1 Å². The van der Waals surface area contributed by atoms with E-state index in [1.165, 1.54) is 6.08 Å². The summed E-state index contributed by atoms with van der Waals surface area (Å²) in [6.07, 6.45) is 5.59. The lowest BCUT2D eigenvalue weighted by atomic mass is 9.98. The van der Waals surface area contributed by atoms with E-state index >= 15 is 0 Å². The van der Waals surface area contributed by atoms with E-state index in [0.29, 0.717) is 65.0 Å². The van der Waals surface area contributed by atoms with E-state index in [1.54, 1.807) is 17.0 Å². The summed E-state index contributed by atoms with van der Waals surface area (Å²) < 4.78 is 1.60. The molecule has 0 radical (unpaired) electrons. The van der Waals surface area contributed by atoms with Gasteiger partial charge in [0.05, 0.1) is 50.9 Å².